The van der Waals surface area contributed by atoms with Crippen molar-refractivity contribution in [3.63, 3.8) is 0 Å². The van der Waals surface area contributed by atoms with Crippen molar-refractivity contribution >= 4 is 20.0 Å². The molecule has 0 heterocycles. The van der Waals surface area contributed by atoms with Crippen molar-refractivity contribution in [1.29, 1.82) is 5.26 Å². The van der Waals surface area contributed by atoms with Crippen LogP contribution in [0.5, 0.6) is 0 Å². The highest BCUT2D eigenvalue weighted by molar-refractivity contribution is 6.87. The number of nitriles is 1. The lowest BCUT2D eigenvalue weighted by molar-refractivity contribution is -0.142. The highest BCUT2D eigenvalue weighted by Gasteiger charge is 2.33. The summed E-state index contributed by atoms with van der Waals surface area (Å²) < 4.78 is 4.78. The Kier molecular flexibility index (Phi) is 7.17. The maximum absolute atomic E-state index is 12.4. The van der Waals surface area contributed by atoms with Gasteiger partial charge >= 0.3 is 5.97 Å². The summed E-state index contributed by atoms with van der Waals surface area (Å²) in [7, 11) is -0.505. The Labute approximate surface area is 156 Å². The molecule has 0 aliphatic heterocycles. The largest absolute Gasteiger partial charge is 0.467 e. The van der Waals surface area contributed by atoms with Crippen LogP contribution < -0.4 is 5.32 Å². The van der Waals surface area contributed by atoms with Gasteiger partial charge in [0.2, 0.25) is 0 Å². The molecule has 1 aromatic rings. The smallest absolute Gasteiger partial charge is 0.329 e. The molecule has 0 aliphatic rings. The van der Waals surface area contributed by atoms with Crippen LogP contribution in [0, 0.1) is 22.8 Å². The molecule has 5 nitrogen and oxygen atoms in total. The van der Waals surface area contributed by atoms with Gasteiger partial charge in [-0.3, -0.25) is 4.79 Å². The number of rotatable bonds is 4. The number of carbonyl (C=O) groups excluding carboxylic acids is 2. The molecule has 1 rings (SSSR count). The Bertz CT molecular complexity index is 759. The van der Waals surface area contributed by atoms with E-state index >= 15 is 0 Å². The number of hydrogen-bond acceptors (Lipinski definition) is 4. The summed E-state index contributed by atoms with van der Waals surface area (Å²) in [5.74, 6) is 2.14. The fourth-order valence-corrected chi connectivity index (χ4v) is 2.75. The van der Waals surface area contributed by atoms with Gasteiger partial charge in [0.1, 0.15) is 14.1 Å². The van der Waals surface area contributed by atoms with E-state index in [9.17, 15) is 9.59 Å². The average molecular weight is 371 g/mol. The lowest BCUT2D eigenvalue weighted by Crippen LogP contribution is -2.41. The first-order chi connectivity index (χ1) is 12.0. The van der Waals surface area contributed by atoms with Crippen LogP contribution in [-0.4, -0.2) is 33.1 Å². The van der Waals surface area contributed by atoms with E-state index < -0.39 is 26.0 Å². The van der Waals surface area contributed by atoms with Crippen LogP contribution in [0.25, 0.3) is 0 Å². The summed E-state index contributed by atoms with van der Waals surface area (Å²) in [6, 6.07) is 7.36. The third kappa shape index (κ3) is 5.75. The molecular weight excluding hydrogens is 344 g/mol. The normalized spacial score (nSPS) is 12.2. The number of benzene rings is 1. The second-order valence-corrected chi connectivity index (χ2v) is 12.6. The van der Waals surface area contributed by atoms with Crippen molar-refractivity contribution in [1.82, 2.24) is 5.32 Å². The van der Waals surface area contributed by atoms with Crippen LogP contribution >= 0.6 is 0 Å². The number of nitrogens with zero attached hydrogens (tertiary/aromatic N) is 1. The Morgan fingerprint density at radius 2 is 1.81 bits per heavy atom. The van der Waals surface area contributed by atoms with Gasteiger partial charge in [-0.25, -0.2) is 4.79 Å². The van der Waals surface area contributed by atoms with Gasteiger partial charge in [0.15, 0.2) is 0 Å². The average Bonchev–Trinajstić information content (AvgIpc) is 2.59. The third-order valence-corrected chi connectivity index (χ3v) is 9.20. The van der Waals surface area contributed by atoms with Gasteiger partial charge < -0.3 is 10.1 Å². The van der Waals surface area contributed by atoms with Crippen molar-refractivity contribution in [2.45, 2.75) is 51.4 Å². The summed E-state index contributed by atoms with van der Waals surface area (Å²) in [5.41, 5.74) is 4.17. The van der Waals surface area contributed by atoms with Crippen LogP contribution in [0.15, 0.2) is 24.3 Å². The van der Waals surface area contributed by atoms with E-state index in [2.05, 4.69) is 50.6 Å². The molecule has 0 fully saturated rings. The predicted octanol–water partition coefficient (Wildman–Crippen LogP) is 3.27. The molecule has 0 aliphatic carbocycles. The fraction of sp³-hybridized carbons (Fsp3) is 0.450. The number of hydrogen-bond donors (Lipinski definition) is 1. The van der Waals surface area contributed by atoms with E-state index in [4.69, 9.17) is 10.00 Å². The molecule has 138 valence electrons. The second kappa shape index (κ2) is 8.69. The number of esters is 1. The topological polar surface area (TPSA) is 79.2 Å². The molecule has 0 saturated carbocycles. The third-order valence-electron chi connectivity index (χ3n) is 4.65. The Hall–Kier alpha value is -2.57. The van der Waals surface area contributed by atoms with Crippen LogP contribution in [-0.2, 0) is 9.53 Å². The quantitative estimate of drug-likeness (QED) is 0.501. The molecule has 0 bridgehead atoms. The zero-order chi connectivity index (χ0) is 20.0. The Morgan fingerprint density at radius 1 is 1.23 bits per heavy atom. The number of carbonyl (C=O) groups is 2. The van der Waals surface area contributed by atoms with Crippen molar-refractivity contribution < 1.29 is 14.3 Å². The summed E-state index contributed by atoms with van der Waals surface area (Å²) in [6.07, 6.45) is 0.196. The molecular formula is C20H26N2O3Si. The number of methoxy groups -OCH3 is 1. The van der Waals surface area contributed by atoms with Crippen LogP contribution in [0.2, 0.25) is 18.1 Å². The zero-order valence-corrected chi connectivity index (χ0v) is 17.3. The lowest BCUT2D eigenvalue weighted by atomic mass is 10.1. The van der Waals surface area contributed by atoms with E-state index in [1.54, 1.807) is 24.3 Å². The standard InChI is InChI=1S/C20H26N2O3Si/c1-20(2,3)26(5,6)13-7-8-17(19(24)25-4)22-18(23)16-11-9-15(14-21)10-12-16/h9-12,17H,8H2,1-6H3,(H,22,23)/t17-/m1/s1. The van der Waals surface area contributed by atoms with Crippen molar-refractivity contribution in [2.75, 3.05) is 7.11 Å². The number of nitrogens with one attached hydrogen (secondary N) is 1. The van der Waals surface area contributed by atoms with Crippen LogP contribution in [0.1, 0.15) is 43.1 Å². The van der Waals surface area contributed by atoms with Crippen molar-refractivity contribution in [3.8, 4) is 17.5 Å². The minimum absolute atomic E-state index is 0.118. The number of amides is 1. The van der Waals surface area contributed by atoms with Gasteiger partial charge in [-0.1, -0.05) is 33.9 Å². The molecule has 1 N–H and O–H groups in total. The van der Waals surface area contributed by atoms with Gasteiger partial charge in [0, 0.05) is 12.0 Å². The summed E-state index contributed by atoms with van der Waals surface area (Å²) in [6.45, 7) is 10.9. The molecule has 0 spiro atoms. The zero-order valence-electron chi connectivity index (χ0n) is 16.3. The van der Waals surface area contributed by atoms with Gasteiger partial charge in [-0.15, -0.1) is 11.5 Å². The Morgan fingerprint density at radius 3 is 2.27 bits per heavy atom. The lowest BCUT2D eigenvalue weighted by Gasteiger charge is -2.31. The van der Waals surface area contributed by atoms with Crippen LogP contribution in [0.3, 0.4) is 0 Å². The molecule has 1 atom stereocenters. The van der Waals surface area contributed by atoms with E-state index in [0.717, 1.165) is 0 Å². The molecule has 6 heteroatoms. The maximum atomic E-state index is 12.4. The molecule has 26 heavy (non-hydrogen) atoms. The minimum Gasteiger partial charge on any atom is -0.467 e. The first-order valence-electron chi connectivity index (χ1n) is 8.40. The van der Waals surface area contributed by atoms with E-state index in [1.165, 1.54) is 7.11 Å². The molecule has 0 unspecified atom stereocenters. The monoisotopic (exact) mass is 370 g/mol. The van der Waals surface area contributed by atoms with E-state index in [1.807, 2.05) is 6.07 Å². The SMILES string of the molecule is COC(=O)[C@@H](CC#C[Si](C)(C)C(C)(C)C)NC(=O)c1ccc(C#N)cc1. The highest BCUT2D eigenvalue weighted by atomic mass is 28.3. The predicted molar refractivity (Wildman–Crippen MR) is 104 cm³/mol. The van der Waals surface area contributed by atoms with Gasteiger partial charge in [0.05, 0.1) is 18.7 Å². The molecule has 0 radical (unpaired) electrons. The first kappa shape index (κ1) is 21.5. The first-order valence-corrected chi connectivity index (χ1v) is 11.4. The van der Waals surface area contributed by atoms with E-state index in [0.29, 0.717) is 11.1 Å². The summed E-state index contributed by atoms with van der Waals surface area (Å²) >= 11 is 0. The fourth-order valence-electron chi connectivity index (χ4n) is 1.83. The summed E-state index contributed by atoms with van der Waals surface area (Å²) in [4.78, 5) is 24.3. The molecule has 0 aromatic heterocycles. The van der Waals surface area contributed by atoms with Crippen molar-refractivity contribution in [3.05, 3.63) is 35.4 Å². The molecule has 1 aromatic carbocycles. The minimum atomic E-state index is -1.79. The van der Waals surface area contributed by atoms with Gasteiger partial charge in [-0.2, -0.15) is 5.26 Å². The molecule has 0 saturated heterocycles. The van der Waals surface area contributed by atoms with E-state index in [-0.39, 0.29) is 11.5 Å². The summed E-state index contributed by atoms with van der Waals surface area (Å²) in [5, 5.41) is 11.6. The second-order valence-electron chi connectivity index (χ2n) is 7.62. The highest BCUT2D eigenvalue weighted by Crippen LogP contribution is 2.35. The number of ether oxygens (including phenoxy) is 1. The van der Waals surface area contributed by atoms with Gasteiger partial charge in [-0.05, 0) is 29.3 Å². The van der Waals surface area contributed by atoms with Gasteiger partial charge in [0.25, 0.3) is 5.91 Å². The Balaban J connectivity index is 2.90. The van der Waals surface area contributed by atoms with Crippen molar-refractivity contribution in [2.24, 2.45) is 0 Å². The van der Waals surface area contributed by atoms with Crippen LogP contribution in [0.4, 0.5) is 0 Å². The molecule has 1 amide bonds. The maximum Gasteiger partial charge on any atom is 0.329 e.